The number of hydrogen-bond donors (Lipinski definition) is 1. The van der Waals surface area contributed by atoms with Crippen LogP contribution in [0.2, 0.25) is 0 Å². The molecule has 2 unspecified atom stereocenters. The number of fused-ring (bicyclic) bond motifs is 2. The maximum absolute atomic E-state index is 12.7. The first-order valence-corrected chi connectivity index (χ1v) is 7.01. The van der Waals surface area contributed by atoms with Gasteiger partial charge in [0.1, 0.15) is 5.41 Å². The quantitative estimate of drug-likeness (QED) is 0.875. The van der Waals surface area contributed by atoms with Gasteiger partial charge in [-0.3, -0.25) is 4.79 Å². The summed E-state index contributed by atoms with van der Waals surface area (Å²) in [5.41, 5.74) is -0.172. The van der Waals surface area contributed by atoms with Crippen molar-refractivity contribution in [2.45, 2.75) is 11.3 Å². The molecule has 1 N–H and O–H groups in total. The van der Waals surface area contributed by atoms with Gasteiger partial charge in [-0.1, -0.05) is 48.5 Å². The third-order valence-electron chi connectivity index (χ3n) is 4.85. The highest BCUT2D eigenvalue weighted by atomic mass is 16.2. The Labute approximate surface area is 127 Å². The third-order valence-corrected chi connectivity index (χ3v) is 4.85. The molecule has 0 aromatic heterocycles. The topological polar surface area (TPSA) is 76.7 Å². The zero-order valence-electron chi connectivity index (χ0n) is 11.6. The monoisotopic (exact) mass is 285 g/mol. The summed E-state index contributed by atoms with van der Waals surface area (Å²) in [5.74, 6) is -0.703. The number of nitrogens with one attached hydrogen (secondary N) is 1. The maximum atomic E-state index is 12.7. The van der Waals surface area contributed by atoms with E-state index in [0.717, 1.165) is 11.1 Å². The number of carbonyl (C=O) groups is 1. The fraction of sp³-hybridized carbons (Fsp3) is 0.167. The normalized spacial score (nSPS) is 26.6. The molecule has 1 saturated carbocycles. The van der Waals surface area contributed by atoms with Crippen LogP contribution in [0.5, 0.6) is 0 Å². The summed E-state index contributed by atoms with van der Waals surface area (Å²) in [6, 6.07) is 20.9. The van der Waals surface area contributed by atoms with Crippen molar-refractivity contribution in [2.24, 2.45) is 5.41 Å². The molecule has 1 spiro atoms. The van der Waals surface area contributed by atoms with Crippen LogP contribution < -0.4 is 5.32 Å². The van der Waals surface area contributed by atoms with Crippen LogP contribution in [0.25, 0.3) is 0 Å². The van der Waals surface area contributed by atoms with Crippen LogP contribution in [0.3, 0.4) is 0 Å². The van der Waals surface area contributed by atoms with Gasteiger partial charge < -0.3 is 5.32 Å². The summed E-state index contributed by atoms with van der Waals surface area (Å²) < 4.78 is 0. The van der Waals surface area contributed by atoms with E-state index in [9.17, 15) is 15.3 Å². The zero-order chi connectivity index (χ0) is 15.4. The summed E-state index contributed by atoms with van der Waals surface area (Å²) in [6.07, 6.45) is 0. The average molecular weight is 285 g/mol. The van der Waals surface area contributed by atoms with E-state index in [1.54, 1.807) is 0 Å². The fourth-order valence-electron chi connectivity index (χ4n) is 3.91. The van der Waals surface area contributed by atoms with Crippen molar-refractivity contribution < 1.29 is 4.79 Å². The lowest BCUT2D eigenvalue weighted by Crippen LogP contribution is -2.26. The average Bonchev–Trinajstić information content (AvgIpc) is 3.09. The van der Waals surface area contributed by atoms with Crippen molar-refractivity contribution in [1.82, 2.24) is 0 Å². The fourth-order valence-corrected chi connectivity index (χ4v) is 3.91. The molecule has 22 heavy (non-hydrogen) atoms. The van der Waals surface area contributed by atoms with Gasteiger partial charge in [0.2, 0.25) is 5.91 Å². The number of nitrogens with zero attached hydrogens (tertiary/aromatic N) is 2. The number of amides is 1. The van der Waals surface area contributed by atoms with Gasteiger partial charge in [0.25, 0.3) is 0 Å². The van der Waals surface area contributed by atoms with Crippen molar-refractivity contribution >= 4 is 11.6 Å². The van der Waals surface area contributed by atoms with E-state index < -0.39 is 16.7 Å². The molecule has 1 heterocycles. The molecule has 0 saturated heterocycles. The van der Waals surface area contributed by atoms with E-state index in [4.69, 9.17) is 0 Å². The highest BCUT2D eigenvalue weighted by molar-refractivity contribution is 6.12. The lowest BCUT2D eigenvalue weighted by molar-refractivity contribution is -0.118. The van der Waals surface area contributed by atoms with E-state index in [0.29, 0.717) is 5.69 Å². The second-order valence-corrected chi connectivity index (χ2v) is 5.68. The Morgan fingerprint density at radius 2 is 1.59 bits per heavy atom. The Hall–Kier alpha value is -3.11. The summed E-state index contributed by atoms with van der Waals surface area (Å²) in [5, 5.41) is 22.2. The lowest BCUT2D eigenvalue weighted by Gasteiger charge is -2.08. The highest BCUT2D eigenvalue weighted by Gasteiger charge is 2.85. The van der Waals surface area contributed by atoms with Crippen molar-refractivity contribution in [3.05, 3.63) is 65.7 Å². The first-order valence-electron chi connectivity index (χ1n) is 7.01. The number of anilines is 1. The van der Waals surface area contributed by atoms with Gasteiger partial charge >= 0.3 is 0 Å². The molecule has 4 heteroatoms. The van der Waals surface area contributed by atoms with Crippen LogP contribution in [-0.2, 0) is 10.2 Å². The molecule has 2 aromatic rings. The van der Waals surface area contributed by atoms with Gasteiger partial charge in [-0.2, -0.15) is 10.5 Å². The number of para-hydroxylation sites is 1. The van der Waals surface area contributed by atoms with E-state index in [1.165, 1.54) is 0 Å². The van der Waals surface area contributed by atoms with Crippen molar-refractivity contribution in [2.75, 3.05) is 5.32 Å². The summed E-state index contributed by atoms with van der Waals surface area (Å²) in [6.45, 7) is 0. The van der Waals surface area contributed by atoms with Crippen molar-refractivity contribution in [1.29, 1.82) is 10.5 Å². The van der Waals surface area contributed by atoms with Crippen LogP contribution in [0.4, 0.5) is 5.69 Å². The molecule has 1 aliphatic carbocycles. The molecular weight excluding hydrogens is 274 g/mol. The number of hydrogen-bond acceptors (Lipinski definition) is 3. The molecule has 1 aliphatic heterocycles. The Kier molecular flexibility index (Phi) is 2.27. The molecular formula is C18H11N3O. The van der Waals surface area contributed by atoms with Gasteiger partial charge in [0.15, 0.2) is 5.41 Å². The Bertz CT molecular complexity index is 861. The van der Waals surface area contributed by atoms with Crippen LogP contribution in [0, 0.1) is 28.1 Å². The van der Waals surface area contributed by atoms with E-state index in [2.05, 4.69) is 17.5 Å². The smallest absolute Gasteiger partial charge is 0.238 e. The minimum atomic E-state index is -1.36. The van der Waals surface area contributed by atoms with Crippen LogP contribution >= 0.6 is 0 Å². The molecule has 1 fully saturated rings. The molecule has 2 aromatic carbocycles. The van der Waals surface area contributed by atoms with Crippen LogP contribution in [0.1, 0.15) is 17.0 Å². The number of carbonyl (C=O) groups excluding carboxylic acids is 1. The molecule has 2 aliphatic rings. The van der Waals surface area contributed by atoms with Crippen molar-refractivity contribution in [3.63, 3.8) is 0 Å². The van der Waals surface area contributed by atoms with E-state index in [1.807, 2.05) is 54.6 Å². The predicted molar refractivity (Wildman–Crippen MR) is 79.6 cm³/mol. The van der Waals surface area contributed by atoms with E-state index in [-0.39, 0.29) is 5.91 Å². The van der Waals surface area contributed by atoms with Gasteiger partial charge in [-0.15, -0.1) is 0 Å². The van der Waals surface area contributed by atoms with Gasteiger partial charge in [0.05, 0.1) is 12.1 Å². The minimum absolute atomic E-state index is 0.259. The van der Waals surface area contributed by atoms with Gasteiger partial charge in [-0.05, 0) is 17.2 Å². The SMILES string of the molecule is N#CC1(C#N)C(c2ccccc2)C12C(=O)Nc1ccccc12. The van der Waals surface area contributed by atoms with Gasteiger partial charge in [-0.25, -0.2) is 0 Å². The summed E-state index contributed by atoms with van der Waals surface area (Å²) in [7, 11) is 0. The molecule has 104 valence electrons. The number of nitriles is 2. The highest BCUT2D eigenvalue weighted by Crippen LogP contribution is 2.76. The second kappa shape index (κ2) is 3.96. The molecule has 4 rings (SSSR count). The van der Waals surface area contributed by atoms with Crippen molar-refractivity contribution in [3.8, 4) is 12.1 Å². The summed E-state index contributed by atoms with van der Waals surface area (Å²) >= 11 is 0. The zero-order valence-corrected chi connectivity index (χ0v) is 11.6. The minimum Gasteiger partial charge on any atom is -0.325 e. The van der Waals surface area contributed by atoms with E-state index >= 15 is 0 Å². The Morgan fingerprint density at radius 1 is 0.955 bits per heavy atom. The molecule has 4 nitrogen and oxygen atoms in total. The standard InChI is InChI=1S/C18H11N3O/c19-10-17(11-20)15(12-6-2-1-3-7-12)18(17)13-8-4-5-9-14(13)21-16(18)22/h1-9,15H,(H,21,22). The second-order valence-electron chi connectivity index (χ2n) is 5.68. The molecule has 0 bridgehead atoms. The number of benzene rings is 2. The maximum Gasteiger partial charge on any atom is 0.238 e. The third kappa shape index (κ3) is 1.15. The first-order chi connectivity index (χ1) is 10.7. The summed E-state index contributed by atoms with van der Waals surface area (Å²) in [4.78, 5) is 12.7. The van der Waals surface area contributed by atoms with Crippen LogP contribution in [0.15, 0.2) is 54.6 Å². The molecule has 2 atom stereocenters. The lowest BCUT2D eigenvalue weighted by atomic mass is 9.88. The Morgan fingerprint density at radius 3 is 2.27 bits per heavy atom. The molecule has 0 radical (unpaired) electrons. The Balaban J connectivity index is 2.01. The van der Waals surface area contributed by atoms with Crippen LogP contribution in [-0.4, -0.2) is 5.91 Å². The largest absolute Gasteiger partial charge is 0.325 e. The first kappa shape index (κ1) is 12.6. The molecule has 1 amide bonds. The van der Waals surface area contributed by atoms with Gasteiger partial charge in [0, 0.05) is 11.6 Å². The predicted octanol–water partition coefficient (Wildman–Crippen LogP) is 2.71. The number of rotatable bonds is 1.